The third kappa shape index (κ3) is 5.06. The van der Waals surface area contributed by atoms with E-state index in [1.54, 1.807) is 12.2 Å². The molecule has 0 unspecified atom stereocenters. The van der Waals surface area contributed by atoms with Crippen molar-refractivity contribution in [1.29, 1.82) is 0 Å². The quantitative estimate of drug-likeness (QED) is 0.488. The molecular formula is C8H14O6S2. The molecule has 1 aliphatic carbocycles. The Morgan fingerprint density at radius 2 is 1.19 bits per heavy atom. The predicted octanol–water partition coefficient (Wildman–Crippen LogP) is -0.259. The van der Waals surface area contributed by atoms with E-state index in [0.717, 1.165) is 12.5 Å². The van der Waals surface area contributed by atoms with Crippen LogP contribution in [0.15, 0.2) is 12.2 Å². The van der Waals surface area contributed by atoms with Crippen molar-refractivity contribution in [3.8, 4) is 0 Å². The molecular weight excluding hydrogens is 256 g/mol. The number of hydrogen-bond donors (Lipinski definition) is 0. The van der Waals surface area contributed by atoms with Crippen LogP contribution in [0.4, 0.5) is 0 Å². The zero-order chi connectivity index (χ0) is 12.4. The van der Waals surface area contributed by atoms with Crippen LogP contribution < -0.4 is 0 Å². The maximum absolute atomic E-state index is 10.7. The highest BCUT2D eigenvalue weighted by atomic mass is 32.2. The lowest BCUT2D eigenvalue weighted by atomic mass is 9.84. The fourth-order valence-electron chi connectivity index (χ4n) is 1.19. The summed E-state index contributed by atoms with van der Waals surface area (Å²) >= 11 is 0. The Morgan fingerprint density at radius 1 is 0.875 bits per heavy atom. The summed E-state index contributed by atoms with van der Waals surface area (Å²) in [5.74, 6) is -0.229. The first-order valence-corrected chi connectivity index (χ1v) is 8.18. The monoisotopic (exact) mass is 270 g/mol. The molecule has 0 radical (unpaired) electrons. The van der Waals surface area contributed by atoms with E-state index in [2.05, 4.69) is 8.37 Å². The molecule has 1 rings (SSSR count). The van der Waals surface area contributed by atoms with Gasteiger partial charge in [0.2, 0.25) is 0 Å². The summed E-state index contributed by atoms with van der Waals surface area (Å²) in [5.41, 5.74) is 0. The van der Waals surface area contributed by atoms with Gasteiger partial charge in [0.25, 0.3) is 20.2 Å². The molecule has 0 aliphatic heterocycles. The van der Waals surface area contributed by atoms with Gasteiger partial charge in [-0.2, -0.15) is 16.8 Å². The van der Waals surface area contributed by atoms with Crippen molar-refractivity contribution in [3.05, 3.63) is 12.2 Å². The van der Waals surface area contributed by atoms with Crippen LogP contribution in [0.3, 0.4) is 0 Å². The van der Waals surface area contributed by atoms with Gasteiger partial charge in [0.1, 0.15) is 0 Å². The van der Waals surface area contributed by atoms with Crippen LogP contribution >= 0.6 is 0 Å². The van der Waals surface area contributed by atoms with Gasteiger partial charge in [-0.05, 0) is 0 Å². The third-order valence-corrected chi connectivity index (χ3v) is 3.23. The van der Waals surface area contributed by atoms with Crippen molar-refractivity contribution >= 4 is 20.2 Å². The van der Waals surface area contributed by atoms with Gasteiger partial charge in [0.05, 0.1) is 25.7 Å². The number of rotatable bonds is 6. The SMILES string of the molecule is CS(=O)(=O)OC[C@H]1C=C[C@H]1COS(C)(=O)=O. The average molecular weight is 270 g/mol. The first kappa shape index (κ1) is 13.6. The van der Waals surface area contributed by atoms with Gasteiger partial charge < -0.3 is 0 Å². The molecule has 0 heterocycles. The van der Waals surface area contributed by atoms with Gasteiger partial charge in [-0.15, -0.1) is 0 Å². The smallest absolute Gasteiger partial charge is 0.264 e. The maximum atomic E-state index is 10.7. The second-order valence-electron chi connectivity index (χ2n) is 3.69. The van der Waals surface area contributed by atoms with Crippen molar-refractivity contribution in [1.82, 2.24) is 0 Å². The Labute approximate surface area is 95.5 Å². The molecule has 0 saturated carbocycles. The molecule has 0 fully saturated rings. The highest BCUT2D eigenvalue weighted by Gasteiger charge is 2.26. The Morgan fingerprint density at radius 3 is 1.38 bits per heavy atom. The van der Waals surface area contributed by atoms with Gasteiger partial charge in [0, 0.05) is 11.8 Å². The summed E-state index contributed by atoms with van der Waals surface area (Å²) in [4.78, 5) is 0. The van der Waals surface area contributed by atoms with Crippen LogP contribution in [0.2, 0.25) is 0 Å². The molecule has 0 aromatic rings. The highest BCUT2D eigenvalue weighted by Crippen LogP contribution is 2.26. The van der Waals surface area contributed by atoms with Crippen molar-refractivity contribution in [2.45, 2.75) is 0 Å². The van der Waals surface area contributed by atoms with Crippen molar-refractivity contribution in [3.63, 3.8) is 0 Å². The zero-order valence-electron chi connectivity index (χ0n) is 8.99. The van der Waals surface area contributed by atoms with E-state index in [1.165, 1.54) is 0 Å². The molecule has 0 aromatic carbocycles. The van der Waals surface area contributed by atoms with Crippen LogP contribution in [-0.2, 0) is 28.6 Å². The third-order valence-electron chi connectivity index (χ3n) is 2.10. The molecule has 0 aromatic heterocycles. The lowest BCUT2D eigenvalue weighted by molar-refractivity contribution is 0.184. The summed E-state index contributed by atoms with van der Waals surface area (Å²) in [6, 6.07) is 0. The normalized spacial score (nSPS) is 25.4. The Bertz CT molecular complexity index is 417. The molecule has 0 spiro atoms. The van der Waals surface area contributed by atoms with E-state index >= 15 is 0 Å². The van der Waals surface area contributed by atoms with Crippen LogP contribution in [0.5, 0.6) is 0 Å². The van der Waals surface area contributed by atoms with E-state index in [-0.39, 0.29) is 25.0 Å². The Balaban J connectivity index is 2.35. The molecule has 16 heavy (non-hydrogen) atoms. The maximum Gasteiger partial charge on any atom is 0.264 e. The first-order valence-electron chi connectivity index (χ1n) is 4.54. The van der Waals surface area contributed by atoms with Gasteiger partial charge in [-0.25, -0.2) is 0 Å². The van der Waals surface area contributed by atoms with Gasteiger partial charge >= 0.3 is 0 Å². The Kier molecular flexibility index (Phi) is 4.11. The lowest BCUT2D eigenvalue weighted by Crippen LogP contribution is -2.29. The van der Waals surface area contributed by atoms with Gasteiger partial charge in [0.15, 0.2) is 0 Å². The second kappa shape index (κ2) is 4.82. The first-order chi connectivity index (χ1) is 7.17. The summed E-state index contributed by atoms with van der Waals surface area (Å²) < 4.78 is 52.1. The summed E-state index contributed by atoms with van der Waals surface area (Å²) in [5, 5.41) is 0. The topological polar surface area (TPSA) is 86.7 Å². The fourth-order valence-corrected chi connectivity index (χ4v) is 2.00. The molecule has 94 valence electrons. The summed E-state index contributed by atoms with van der Waals surface area (Å²) in [7, 11) is -6.91. The van der Waals surface area contributed by atoms with Crippen molar-refractivity contribution in [2.24, 2.45) is 11.8 Å². The molecule has 8 heteroatoms. The Hall–Kier alpha value is -0.440. The lowest BCUT2D eigenvalue weighted by Gasteiger charge is -2.27. The van der Waals surface area contributed by atoms with Crippen molar-refractivity contribution in [2.75, 3.05) is 25.7 Å². The fraction of sp³-hybridized carbons (Fsp3) is 0.750. The average Bonchev–Trinajstić information content (AvgIpc) is 1.97. The molecule has 6 nitrogen and oxygen atoms in total. The molecule has 0 saturated heterocycles. The largest absolute Gasteiger partial charge is 0.270 e. The standard InChI is InChI=1S/C8H14O6S2/c1-15(9,10)13-5-7-3-4-8(7)6-14-16(2,11)12/h3-4,7-8H,5-6H2,1-2H3/t7-,8+. The van der Waals surface area contributed by atoms with Gasteiger partial charge in [-0.3, -0.25) is 8.37 Å². The van der Waals surface area contributed by atoms with Crippen molar-refractivity contribution < 1.29 is 25.2 Å². The highest BCUT2D eigenvalue weighted by molar-refractivity contribution is 7.86. The minimum Gasteiger partial charge on any atom is -0.270 e. The van der Waals surface area contributed by atoms with E-state index in [9.17, 15) is 16.8 Å². The molecule has 0 amide bonds. The summed E-state index contributed by atoms with van der Waals surface area (Å²) in [6.07, 6.45) is 5.47. The van der Waals surface area contributed by atoms with Crippen LogP contribution in [0.1, 0.15) is 0 Å². The molecule has 2 atom stereocenters. The van der Waals surface area contributed by atoms with E-state index in [1.807, 2.05) is 0 Å². The second-order valence-corrected chi connectivity index (χ2v) is 6.98. The van der Waals surface area contributed by atoms with E-state index in [0.29, 0.717) is 0 Å². The van der Waals surface area contributed by atoms with E-state index in [4.69, 9.17) is 0 Å². The van der Waals surface area contributed by atoms with Gasteiger partial charge in [-0.1, -0.05) is 12.2 Å². The van der Waals surface area contributed by atoms with Crippen LogP contribution in [0, 0.1) is 11.8 Å². The molecule has 0 bridgehead atoms. The van der Waals surface area contributed by atoms with Crippen LogP contribution in [-0.4, -0.2) is 42.6 Å². The predicted molar refractivity (Wildman–Crippen MR) is 57.7 cm³/mol. The molecule has 1 aliphatic rings. The minimum atomic E-state index is -3.46. The van der Waals surface area contributed by atoms with E-state index < -0.39 is 20.2 Å². The summed E-state index contributed by atoms with van der Waals surface area (Å²) in [6.45, 7) is 0.0419. The zero-order valence-corrected chi connectivity index (χ0v) is 10.6. The minimum absolute atomic E-state index is 0.0210. The molecule has 0 N–H and O–H groups in total. The number of hydrogen-bond acceptors (Lipinski definition) is 6. The van der Waals surface area contributed by atoms with Crippen LogP contribution in [0.25, 0.3) is 0 Å².